The normalized spacial score (nSPS) is 12.2. The van der Waals surface area contributed by atoms with Crippen LogP contribution >= 0.6 is 43.5 Å². The topological polar surface area (TPSA) is 85.6 Å². The van der Waals surface area contributed by atoms with Gasteiger partial charge in [-0.3, -0.25) is 9.59 Å². The molecule has 1 heterocycles. The van der Waals surface area contributed by atoms with Crippen LogP contribution < -0.4 is 15.6 Å². The number of amides is 1. The predicted octanol–water partition coefficient (Wildman–Crippen LogP) is 7.13. The molecule has 0 aliphatic rings. The molecule has 0 saturated heterocycles. The van der Waals surface area contributed by atoms with E-state index in [4.69, 9.17) is 21.3 Å². The molecular formula is C27H22Br2ClFN4O3. The van der Waals surface area contributed by atoms with Gasteiger partial charge in [0.15, 0.2) is 12.4 Å². The van der Waals surface area contributed by atoms with Gasteiger partial charge in [-0.2, -0.15) is 9.78 Å². The number of fused-ring (bicyclic) bond motifs is 1. The number of hydrogen-bond acceptors (Lipinski definition) is 5. The van der Waals surface area contributed by atoms with Gasteiger partial charge >= 0.3 is 0 Å². The lowest BCUT2D eigenvalue weighted by atomic mass is 10.1. The number of carbonyl (C=O) groups excluding carboxylic acids is 1. The highest BCUT2D eigenvalue weighted by atomic mass is 79.9. The third-order valence-corrected chi connectivity index (χ3v) is 7.09. The minimum atomic E-state index is -0.548. The molecule has 0 spiro atoms. The van der Waals surface area contributed by atoms with Crippen molar-refractivity contribution in [3.8, 4) is 5.75 Å². The minimum absolute atomic E-state index is 0.00509. The van der Waals surface area contributed by atoms with Gasteiger partial charge in [-0.1, -0.05) is 53.5 Å². The summed E-state index contributed by atoms with van der Waals surface area (Å²) in [4.78, 5) is 30.2. The third-order valence-electron chi connectivity index (χ3n) is 5.72. The van der Waals surface area contributed by atoms with Gasteiger partial charge in [0.25, 0.3) is 11.5 Å². The van der Waals surface area contributed by atoms with Crippen LogP contribution in [0, 0.1) is 5.82 Å². The molecule has 0 aliphatic carbocycles. The molecule has 0 bridgehead atoms. The Balaban J connectivity index is 1.58. The van der Waals surface area contributed by atoms with Gasteiger partial charge < -0.3 is 10.1 Å². The number of carbonyl (C=O) groups is 1. The average molecular weight is 665 g/mol. The van der Waals surface area contributed by atoms with E-state index in [2.05, 4.69) is 42.3 Å². The number of benzene rings is 3. The second-order valence-corrected chi connectivity index (χ2v) is 10.6. The van der Waals surface area contributed by atoms with Gasteiger partial charge in [0.1, 0.15) is 11.6 Å². The van der Waals surface area contributed by atoms with Crippen LogP contribution in [0.25, 0.3) is 10.9 Å². The fourth-order valence-electron chi connectivity index (χ4n) is 3.58. The second kappa shape index (κ2) is 12.2. The van der Waals surface area contributed by atoms with Gasteiger partial charge in [-0.15, -0.1) is 0 Å². The SMILES string of the molecule is CC[C@H](C)c1nc2ccc(Br)cc2c(=O)n1N=Cc1cc(Cl)c(OCC(=O)Nc2ccccc2F)c(Br)c1. The zero-order valence-electron chi connectivity index (χ0n) is 20.3. The highest BCUT2D eigenvalue weighted by Gasteiger charge is 2.16. The van der Waals surface area contributed by atoms with E-state index in [1.807, 2.05) is 19.9 Å². The summed E-state index contributed by atoms with van der Waals surface area (Å²) >= 11 is 13.2. The molecule has 4 rings (SSSR count). The van der Waals surface area contributed by atoms with Crippen LogP contribution in [0.5, 0.6) is 5.75 Å². The number of rotatable bonds is 8. The number of ether oxygens (including phenoxy) is 1. The molecule has 1 atom stereocenters. The average Bonchev–Trinajstić information content (AvgIpc) is 2.88. The number of hydrogen-bond donors (Lipinski definition) is 1. The molecule has 0 aliphatic heterocycles. The van der Waals surface area contributed by atoms with Crippen molar-refractivity contribution < 1.29 is 13.9 Å². The fourth-order valence-corrected chi connectivity index (χ4v) is 4.93. The van der Waals surface area contributed by atoms with E-state index in [0.717, 1.165) is 10.9 Å². The largest absolute Gasteiger partial charge is 0.481 e. The number of halogens is 4. The zero-order valence-corrected chi connectivity index (χ0v) is 24.3. The first-order chi connectivity index (χ1) is 18.2. The lowest BCUT2D eigenvalue weighted by Crippen LogP contribution is -2.23. The molecule has 196 valence electrons. The summed E-state index contributed by atoms with van der Waals surface area (Å²) in [6.07, 6.45) is 2.28. The molecular weight excluding hydrogens is 643 g/mol. The van der Waals surface area contributed by atoms with Gasteiger partial charge in [0, 0.05) is 10.4 Å². The molecule has 0 radical (unpaired) electrons. The Kier molecular flexibility index (Phi) is 8.96. The first-order valence-electron chi connectivity index (χ1n) is 11.6. The highest BCUT2D eigenvalue weighted by molar-refractivity contribution is 9.10. The van der Waals surface area contributed by atoms with Crippen molar-refractivity contribution in [3.63, 3.8) is 0 Å². The van der Waals surface area contributed by atoms with Gasteiger partial charge in [-0.05, 0) is 70.4 Å². The third kappa shape index (κ3) is 6.31. The van der Waals surface area contributed by atoms with Crippen molar-refractivity contribution in [3.05, 3.63) is 96.1 Å². The molecule has 4 aromatic rings. The van der Waals surface area contributed by atoms with Gasteiger partial charge in [-0.25, -0.2) is 9.37 Å². The van der Waals surface area contributed by atoms with Crippen molar-refractivity contribution in [2.24, 2.45) is 5.10 Å². The maximum atomic E-state index is 13.8. The van der Waals surface area contributed by atoms with Crippen molar-refractivity contribution in [2.75, 3.05) is 11.9 Å². The summed E-state index contributed by atoms with van der Waals surface area (Å²) in [5.41, 5.74) is 0.960. The van der Waals surface area contributed by atoms with E-state index in [1.54, 1.807) is 30.3 Å². The molecule has 3 aromatic carbocycles. The molecule has 7 nitrogen and oxygen atoms in total. The lowest BCUT2D eigenvalue weighted by Gasteiger charge is -2.14. The summed E-state index contributed by atoms with van der Waals surface area (Å²) in [7, 11) is 0. The monoisotopic (exact) mass is 662 g/mol. The van der Waals surface area contributed by atoms with Crippen molar-refractivity contribution in [1.29, 1.82) is 0 Å². The lowest BCUT2D eigenvalue weighted by molar-refractivity contribution is -0.118. The second-order valence-electron chi connectivity index (χ2n) is 8.43. The molecule has 38 heavy (non-hydrogen) atoms. The van der Waals surface area contributed by atoms with Crippen LogP contribution in [0.4, 0.5) is 10.1 Å². The molecule has 1 N–H and O–H groups in total. The van der Waals surface area contributed by atoms with Crippen LogP contribution in [0.15, 0.2) is 73.4 Å². The van der Waals surface area contributed by atoms with E-state index in [-0.39, 0.29) is 34.5 Å². The number of para-hydroxylation sites is 1. The Morgan fingerprint density at radius 3 is 2.71 bits per heavy atom. The molecule has 1 amide bonds. The van der Waals surface area contributed by atoms with Crippen molar-refractivity contribution in [1.82, 2.24) is 9.66 Å². The predicted molar refractivity (Wildman–Crippen MR) is 155 cm³/mol. The molecule has 0 fully saturated rings. The Labute approximate surface area is 239 Å². The summed E-state index contributed by atoms with van der Waals surface area (Å²) < 4.78 is 21.9. The molecule has 0 unspecified atom stereocenters. The standard InChI is InChI=1S/C27H22Br2ClFN4O3/c1-3-15(2)26-34-22-9-8-17(28)12-18(22)27(37)35(26)32-13-16-10-19(29)25(20(30)11-16)38-14-24(36)33-23-7-5-4-6-21(23)31/h4-13,15H,3,14H2,1-2H3,(H,33,36)/t15-/m0/s1. The number of anilines is 1. The van der Waals surface area contributed by atoms with Crippen LogP contribution in [0.3, 0.4) is 0 Å². The Bertz CT molecular complexity index is 1590. The Morgan fingerprint density at radius 2 is 2.00 bits per heavy atom. The quantitative estimate of drug-likeness (QED) is 0.203. The molecule has 0 saturated carbocycles. The Morgan fingerprint density at radius 1 is 1.24 bits per heavy atom. The van der Waals surface area contributed by atoms with E-state index in [1.165, 1.54) is 29.1 Å². The minimum Gasteiger partial charge on any atom is -0.481 e. The van der Waals surface area contributed by atoms with Crippen LogP contribution in [-0.4, -0.2) is 28.4 Å². The van der Waals surface area contributed by atoms with Crippen molar-refractivity contribution >= 4 is 72.2 Å². The van der Waals surface area contributed by atoms with E-state index in [9.17, 15) is 14.0 Å². The molecule has 11 heteroatoms. The van der Waals surface area contributed by atoms with Crippen LogP contribution in [-0.2, 0) is 4.79 Å². The summed E-state index contributed by atoms with van der Waals surface area (Å²) in [6.45, 7) is 3.62. The highest BCUT2D eigenvalue weighted by Crippen LogP contribution is 2.34. The summed E-state index contributed by atoms with van der Waals surface area (Å²) in [5.74, 6) is -0.309. The van der Waals surface area contributed by atoms with Gasteiger partial charge in [0.05, 0.1) is 32.3 Å². The molecule has 1 aromatic heterocycles. The first kappa shape index (κ1) is 27.9. The zero-order chi connectivity index (χ0) is 27.4. The maximum Gasteiger partial charge on any atom is 0.282 e. The summed E-state index contributed by atoms with van der Waals surface area (Å²) in [6, 6.07) is 14.5. The van der Waals surface area contributed by atoms with E-state index < -0.39 is 11.7 Å². The van der Waals surface area contributed by atoms with E-state index in [0.29, 0.717) is 26.8 Å². The summed E-state index contributed by atoms with van der Waals surface area (Å²) in [5, 5.41) is 7.56. The van der Waals surface area contributed by atoms with E-state index >= 15 is 0 Å². The maximum absolute atomic E-state index is 13.8. The fraction of sp³-hybridized carbons (Fsp3) is 0.185. The van der Waals surface area contributed by atoms with Gasteiger partial charge in [0.2, 0.25) is 0 Å². The number of nitrogens with zero attached hydrogens (tertiary/aromatic N) is 3. The number of nitrogens with one attached hydrogen (secondary N) is 1. The van der Waals surface area contributed by atoms with Crippen LogP contribution in [0.2, 0.25) is 5.02 Å². The Hall–Kier alpha value is -3.08. The van der Waals surface area contributed by atoms with Crippen molar-refractivity contribution in [2.45, 2.75) is 26.2 Å². The number of aromatic nitrogens is 2. The van der Waals surface area contributed by atoms with Crippen LogP contribution in [0.1, 0.15) is 37.6 Å². The first-order valence-corrected chi connectivity index (χ1v) is 13.6. The smallest absolute Gasteiger partial charge is 0.282 e.